The van der Waals surface area contributed by atoms with Crippen molar-refractivity contribution in [2.24, 2.45) is 0 Å². The number of furan rings is 1. The molecule has 0 bridgehead atoms. The molecule has 1 heterocycles. The summed E-state index contributed by atoms with van der Waals surface area (Å²) >= 11 is 36.3. The Kier molecular flexibility index (Phi) is 3.50. The summed E-state index contributed by atoms with van der Waals surface area (Å²) in [4.78, 5) is 0. The highest BCUT2D eigenvalue weighted by Crippen LogP contribution is 2.46. The van der Waals surface area contributed by atoms with E-state index in [9.17, 15) is 0 Å². The minimum atomic E-state index is 0.225. The van der Waals surface area contributed by atoms with E-state index in [-0.39, 0.29) is 20.1 Å². The molecule has 0 saturated carbocycles. The van der Waals surface area contributed by atoms with E-state index in [1.807, 2.05) is 0 Å². The quantitative estimate of drug-likeness (QED) is 0.371. The first-order valence-corrected chi connectivity index (χ1v) is 7.21. The Hall–Kier alpha value is -0.0200. The molecule has 0 N–H and O–H groups in total. The van der Waals surface area contributed by atoms with Crippen molar-refractivity contribution in [1.29, 1.82) is 0 Å². The Labute approximate surface area is 137 Å². The van der Waals surface area contributed by atoms with Crippen LogP contribution >= 0.6 is 69.6 Å². The summed E-state index contributed by atoms with van der Waals surface area (Å²) in [6.07, 6.45) is 0. The van der Waals surface area contributed by atoms with Crippen LogP contribution in [0.15, 0.2) is 16.5 Å². The third-order valence-corrected chi connectivity index (χ3v) is 5.23. The molecule has 0 spiro atoms. The molecule has 0 fully saturated rings. The first kappa shape index (κ1) is 13.9. The van der Waals surface area contributed by atoms with Crippen molar-refractivity contribution in [2.45, 2.75) is 0 Å². The van der Waals surface area contributed by atoms with Gasteiger partial charge in [0.05, 0.1) is 25.1 Å². The first-order valence-electron chi connectivity index (χ1n) is 4.95. The van der Waals surface area contributed by atoms with Crippen LogP contribution in [0.5, 0.6) is 0 Å². The maximum Gasteiger partial charge on any atom is 0.155 e. The molecular weight excluding hydrogens is 373 g/mol. The van der Waals surface area contributed by atoms with Crippen LogP contribution in [0.1, 0.15) is 0 Å². The van der Waals surface area contributed by atoms with E-state index in [2.05, 4.69) is 0 Å². The molecule has 0 unspecified atom stereocenters. The van der Waals surface area contributed by atoms with Crippen LogP contribution in [-0.4, -0.2) is 0 Å². The lowest BCUT2D eigenvalue weighted by atomic mass is 10.1. The summed E-state index contributed by atoms with van der Waals surface area (Å²) in [6.45, 7) is 0. The summed E-state index contributed by atoms with van der Waals surface area (Å²) in [5.41, 5.74) is 0.862. The van der Waals surface area contributed by atoms with E-state index in [0.717, 1.165) is 0 Å². The second-order valence-electron chi connectivity index (χ2n) is 3.82. The minimum absolute atomic E-state index is 0.225. The highest BCUT2D eigenvalue weighted by Gasteiger charge is 2.20. The molecule has 98 valence electrons. The summed E-state index contributed by atoms with van der Waals surface area (Å²) in [5.74, 6) is 0. The van der Waals surface area contributed by atoms with Crippen molar-refractivity contribution >= 4 is 91.5 Å². The Bertz CT molecular complexity index is 836. The second-order valence-corrected chi connectivity index (χ2v) is 6.15. The molecule has 3 aromatic rings. The molecule has 2 aromatic carbocycles. The van der Waals surface area contributed by atoms with Gasteiger partial charge in [0.1, 0.15) is 10.6 Å². The van der Waals surface area contributed by atoms with Gasteiger partial charge in [-0.3, -0.25) is 0 Å². The molecule has 3 rings (SSSR count). The zero-order valence-electron chi connectivity index (χ0n) is 8.83. The van der Waals surface area contributed by atoms with Gasteiger partial charge in [-0.15, -0.1) is 0 Å². The Balaban J connectivity index is 2.62. The topological polar surface area (TPSA) is 13.1 Å². The lowest BCUT2D eigenvalue weighted by molar-refractivity contribution is 0.669. The van der Waals surface area contributed by atoms with Gasteiger partial charge < -0.3 is 4.42 Å². The molecule has 0 aliphatic carbocycles. The summed E-state index contributed by atoms with van der Waals surface area (Å²) < 4.78 is 5.63. The van der Waals surface area contributed by atoms with Gasteiger partial charge in [0, 0.05) is 16.8 Å². The third kappa shape index (κ3) is 1.99. The molecule has 1 aromatic heterocycles. The monoisotopic (exact) mass is 372 g/mol. The maximum absolute atomic E-state index is 6.20. The molecule has 0 aliphatic rings. The number of fused-ring (bicyclic) bond motifs is 3. The Morgan fingerprint density at radius 3 is 1.95 bits per heavy atom. The summed E-state index contributed by atoms with van der Waals surface area (Å²) in [6, 6.07) is 3.20. The predicted octanol–water partition coefficient (Wildman–Crippen LogP) is 7.51. The van der Waals surface area contributed by atoms with Crippen molar-refractivity contribution < 1.29 is 4.42 Å². The van der Waals surface area contributed by atoms with Gasteiger partial charge in [0.15, 0.2) is 5.58 Å². The van der Waals surface area contributed by atoms with Gasteiger partial charge in [0.2, 0.25) is 0 Å². The fourth-order valence-corrected chi connectivity index (χ4v) is 3.20. The number of hydrogen-bond acceptors (Lipinski definition) is 1. The molecule has 7 heteroatoms. The van der Waals surface area contributed by atoms with Crippen molar-refractivity contribution in [3.63, 3.8) is 0 Å². The van der Waals surface area contributed by atoms with Gasteiger partial charge in [-0.2, -0.15) is 0 Å². The van der Waals surface area contributed by atoms with Gasteiger partial charge in [-0.1, -0.05) is 69.6 Å². The van der Waals surface area contributed by atoms with Gasteiger partial charge in [-0.25, -0.2) is 0 Å². The van der Waals surface area contributed by atoms with Crippen LogP contribution in [0.25, 0.3) is 21.9 Å². The molecule has 0 saturated heterocycles. The van der Waals surface area contributed by atoms with Gasteiger partial charge >= 0.3 is 0 Å². The number of hydrogen-bond donors (Lipinski definition) is 0. The molecule has 19 heavy (non-hydrogen) atoms. The molecule has 0 amide bonds. The third-order valence-electron chi connectivity index (χ3n) is 2.72. The number of halogens is 6. The predicted molar refractivity (Wildman–Crippen MR) is 83.8 cm³/mol. The Morgan fingerprint density at radius 2 is 1.26 bits per heavy atom. The number of benzene rings is 2. The van der Waals surface area contributed by atoms with E-state index in [1.165, 1.54) is 0 Å². The van der Waals surface area contributed by atoms with Crippen molar-refractivity contribution in [2.75, 3.05) is 0 Å². The van der Waals surface area contributed by atoms with E-state index in [0.29, 0.717) is 32.0 Å². The van der Waals surface area contributed by atoms with Crippen LogP contribution < -0.4 is 0 Å². The normalized spacial score (nSPS) is 11.7. The van der Waals surface area contributed by atoms with Crippen molar-refractivity contribution in [3.05, 3.63) is 42.3 Å². The highest BCUT2D eigenvalue weighted by atomic mass is 35.5. The zero-order chi connectivity index (χ0) is 13.9. The lowest BCUT2D eigenvalue weighted by Gasteiger charge is -2.01. The highest BCUT2D eigenvalue weighted by molar-refractivity contribution is 6.53. The van der Waals surface area contributed by atoms with E-state index in [4.69, 9.17) is 74.0 Å². The molecule has 1 nitrogen and oxygen atoms in total. The van der Waals surface area contributed by atoms with Gasteiger partial charge in [0.25, 0.3) is 0 Å². The van der Waals surface area contributed by atoms with Crippen LogP contribution in [0.4, 0.5) is 0 Å². The average molecular weight is 375 g/mol. The molecule has 0 radical (unpaired) electrons. The SMILES string of the molecule is Clc1cc2c(oc3cc(Cl)c(Cl)c(Cl)c32)c(Cl)c1Cl. The Morgan fingerprint density at radius 1 is 0.684 bits per heavy atom. The summed E-state index contributed by atoms with van der Waals surface area (Å²) in [7, 11) is 0. The lowest BCUT2D eigenvalue weighted by Crippen LogP contribution is -1.76. The molecular formula is C12H2Cl6O. The second kappa shape index (κ2) is 4.77. The van der Waals surface area contributed by atoms with Crippen LogP contribution in [0.2, 0.25) is 30.1 Å². The summed E-state index contributed by atoms with van der Waals surface area (Å²) in [5, 5.41) is 2.84. The van der Waals surface area contributed by atoms with Crippen molar-refractivity contribution in [3.8, 4) is 0 Å². The van der Waals surface area contributed by atoms with Gasteiger partial charge in [-0.05, 0) is 6.07 Å². The van der Waals surface area contributed by atoms with Crippen LogP contribution in [-0.2, 0) is 0 Å². The average Bonchev–Trinajstić information content (AvgIpc) is 2.72. The van der Waals surface area contributed by atoms with E-state index < -0.39 is 0 Å². The van der Waals surface area contributed by atoms with E-state index in [1.54, 1.807) is 12.1 Å². The molecule has 0 atom stereocenters. The minimum Gasteiger partial charge on any atom is -0.454 e. The largest absolute Gasteiger partial charge is 0.454 e. The standard InChI is InChI=1S/C12H2Cl6O/c13-4-1-3-7-6(2-5(14)8(15)10(7)17)19-12(3)11(18)9(4)16/h1-2H. The van der Waals surface area contributed by atoms with Crippen LogP contribution in [0.3, 0.4) is 0 Å². The number of rotatable bonds is 0. The first-order chi connectivity index (χ1) is 8.91. The fourth-order valence-electron chi connectivity index (χ4n) is 1.88. The smallest absolute Gasteiger partial charge is 0.155 e. The van der Waals surface area contributed by atoms with E-state index >= 15 is 0 Å². The van der Waals surface area contributed by atoms with Crippen LogP contribution in [0, 0.1) is 0 Å². The van der Waals surface area contributed by atoms with Crippen molar-refractivity contribution in [1.82, 2.24) is 0 Å². The zero-order valence-corrected chi connectivity index (χ0v) is 13.4. The molecule has 0 aliphatic heterocycles. The maximum atomic E-state index is 6.20. The fraction of sp³-hybridized carbons (Fsp3) is 0.